The molecule has 0 bridgehead atoms. The first-order valence-electron chi connectivity index (χ1n) is 6.38. The first-order valence-corrected chi connectivity index (χ1v) is 7.26. The lowest BCUT2D eigenvalue weighted by Gasteiger charge is -2.33. The van der Waals surface area contributed by atoms with Crippen LogP contribution in [0.4, 0.5) is 0 Å². The molecule has 1 N–H and O–H groups in total. The number of carboxylic acid groups (broad SMARTS) is 1. The molecule has 98 valence electrons. The molecule has 1 aromatic heterocycles. The van der Waals surface area contributed by atoms with Gasteiger partial charge >= 0.3 is 5.97 Å². The number of likely N-dealkylation sites (tertiary alicyclic amines) is 1. The Bertz CT molecular complexity index is 439. The van der Waals surface area contributed by atoms with E-state index in [-0.39, 0.29) is 0 Å². The predicted molar refractivity (Wildman–Crippen MR) is 74.7 cm³/mol. The molecule has 1 saturated heterocycles. The van der Waals surface area contributed by atoms with Crippen LogP contribution in [0.3, 0.4) is 0 Å². The van der Waals surface area contributed by atoms with Gasteiger partial charge in [-0.25, -0.2) is 4.79 Å². The molecule has 0 radical (unpaired) electrons. The van der Waals surface area contributed by atoms with Crippen molar-refractivity contribution >= 4 is 23.4 Å². The Hall–Kier alpha value is -1.13. The largest absolute Gasteiger partial charge is 0.478 e. The maximum absolute atomic E-state index is 10.6. The van der Waals surface area contributed by atoms with Crippen LogP contribution in [-0.2, 0) is 11.3 Å². The Balaban J connectivity index is 2.05. The minimum absolute atomic E-state index is 0.636. The summed E-state index contributed by atoms with van der Waals surface area (Å²) >= 11 is 1.71. The zero-order valence-corrected chi connectivity index (χ0v) is 11.4. The number of carbonyl (C=O) groups is 1. The number of carboxylic acids is 1. The van der Waals surface area contributed by atoms with E-state index in [1.165, 1.54) is 30.2 Å². The van der Waals surface area contributed by atoms with Crippen molar-refractivity contribution in [1.82, 2.24) is 4.90 Å². The van der Waals surface area contributed by atoms with Gasteiger partial charge in [0.1, 0.15) is 0 Å². The van der Waals surface area contributed by atoms with Gasteiger partial charge in [-0.1, -0.05) is 6.42 Å². The van der Waals surface area contributed by atoms with Crippen LogP contribution in [0.2, 0.25) is 0 Å². The average molecular weight is 265 g/mol. The minimum Gasteiger partial charge on any atom is -0.478 e. The fourth-order valence-corrected chi connectivity index (χ4v) is 3.26. The summed E-state index contributed by atoms with van der Waals surface area (Å²) in [5.74, 6) is -0.890. The molecule has 2 rings (SSSR count). The molecule has 0 aliphatic carbocycles. The molecule has 18 heavy (non-hydrogen) atoms. The number of hydrogen-bond acceptors (Lipinski definition) is 3. The van der Waals surface area contributed by atoms with Crippen LogP contribution in [0.15, 0.2) is 17.5 Å². The molecule has 1 fully saturated rings. The summed E-state index contributed by atoms with van der Waals surface area (Å²) in [4.78, 5) is 14.3. The lowest BCUT2D eigenvalue weighted by atomic mass is 10.0. The highest BCUT2D eigenvalue weighted by atomic mass is 32.1. The van der Waals surface area contributed by atoms with E-state index in [1.807, 2.05) is 11.4 Å². The van der Waals surface area contributed by atoms with Gasteiger partial charge in [-0.2, -0.15) is 0 Å². The Morgan fingerprint density at radius 1 is 1.61 bits per heavy atom. The Morgan fingerprint density at radius 2 is 2.44 bits per heavy atom. The van der Waals surface area contributed by atoms with E-state index in [0.717, 1.165) is 18.7 Å². The molecule has 0 spiro atoms. The van der Waals surface area contributed by atoms with Crippen molar-refractivity contribution in [2.75, 3.05) is 6.54 Å². The summed E-state index contributed by atoms with van der Waals surface area (Å²) in [6, 6.07) is 2.63. The van der Waals surface area contributed by atoms with Crippen molar-refractivity contribution < 1.29 is 9.90 Å². The SMILES string of the molecule is CC1CCCCN1Cc1sccc1/C=C/C(=O)O. The van der Waals surface area contributed by atoms with E-state index in [1.54, 1.807) is 17.4 Å². The third kappa shape index (κ3) is 3.43. The van der Waals surface area contributed by atoms with Gasteiger partial charge in [0.25, 0.3) is 0 Å². The van der Waals surface area contributed by atoms with E-state index in [2.05, 4.69) is 11.8 Å². The third-order valence-corrected chi connectivity index (χ3v) is 4.39. The standard InChI is InChI=1S/C14H19NO2S/c1-11-4-2-3-8-15(11)10-13-12(7-9-18-13)5-6-14(16)17/h5-7,9,11H,2-4,8,10H2,1H3,(H,16,17)/b6-5+. The molecule has 0 saturated carbocycles. The molecular formula is C14H19NO2S. The number of aliphatic carboxylic acids is 1. The molecule has 0 aromatic carbocycles. The van der Waals surface area contributed by atoms with Gasteiger partial charge in [-0.15, -0.1) is 11.3 Å². The number of piperidine rings is 1. The molecular weight excluding hydrogens is 246 g/mol. The molecule has 1 unspecified atom stereocenters. The highest BCUT2D eigenvalue weighted by Gasteiger charge is 2.19. The quantitative estimate of drug-likeness (QED) is 0.850. The number of hydrogen-bond donors (Lipinski definition) is 1. The van der Waals surface area contributed by atoms with E-state index < -0.39 is 5.97 Å². The van der Waals surface area contributed by atoms with Crippen molar-refractivity contribution in [3.05, 3.63) is 28.0 Å². The monoisotopic (exact) mass is 265 g/mol. The minimum atomic E-state index is -0.890. The fourth-order valence-electron chi connectivity index (χ4n) is 2.37. The van der Waals surface area contributed by atoms with E-state index in [0.29, 0.717) is 6.04 Å². The third-order valence-electron chi connectivity index (χ3n) is 3.47. The Labute approximate surface area is 112 Å². The molecule has 4 heteroatoms. The van der Waals surface area contributed by atoms with E-state index >= 15 is 0 Å². The fraction of sp³-hybridized carbons (Fsp3) is 0.500. The molecule has 3 nitrogen and oxygen atoms in total. The first-order chi connectivity index (χ1) is 8.66. The van der Waals surface area contributed by atoms with Gasteiger partial charge in [-0.05, 0) is 49.4 Å². The Kier molecular flexibility index (Phi) is 4.55. The van der Waals surface area contributed by atoms with Crippen LogP contribution in [0, 0.1) is 0 Å². The predicted octanol–water partition coefficient (Wildman–Crippen LogP) is 3.22. The zero-order chi connectivity index (χ0) is 13.0. The lowest BCUT2D eigenvalue weighted by molar-refractivity contribution is -0.131. The molecule has 1 atom stereocenters. The molecule has 1 aromatic rings. The highest BCUT2D eigenvalue weighted by Crippen LogP contribution is 2.24. The van der Waals surface area contributed by atoms with Crippen molar-refractivity contribution in [3.63, 3.8) is 0 Å². The molecule has 0 amide bonds. The summed E-state index contributed by atoms with van der Waals surface area (Å²) in [7, 11) is 0. The second-order valence-electron chi connectivity index (χ2n) is 4.79. The lowest BCUT2D eigenvalue weighted by Crippen LogP contribution is -2.36. The van der Waals surface area contributed by atoms with Crippen molar-refractivity contribution in [2.24, 2.45) is 0 Å². The zero-order valence-electron chi connectivity index (χ0n) is 10.6. The van der Waals surface area contributed by atoms with Crippen LogP contribution in [0.25, 0.3) is 6.08 Å². The van der Waals surface area contributed by atoms with Gasteiger partial charge < -0.3 is 5.11 Å². The first kappa shape index (κ1) is 13.3. The highest BCUT2D eigenvalue weighted by molar-refractivity contribution is 7.10. The van der Waals surface area contributed by atoms with Crippen LogP contribution in [-0.4, -0.2) is 28.6 Å². The van der Waals surface area contributed by atoms with Crippen LogP contribution < -0.4 is 0 Å². The molecule has 2 heterocycles. The summed E-state index contributed by atoms with van der Waals surface area (Å²) in [6.45, 7) is 4.37. The molecule has 1 aliphatic rings. The van der Waals surface area contributed by atoms with Crippen molar-refractivity contribution in [1.29, 1.82) is 0 Å². The van der Waals surface area contributed by atoms with Crippen molar-refractivity contribution in [2.45, 2.75) is 38.8 Å². The van der Waals surface area contributed by atoms with Gasteiger partial charge in [0, 0.05) is 23.5 Å². The number of thiophene rings is 1. The Morgan fingerprint density at radius 3 is 3.17 bits per heavy atom. The molecule has 1 aliphatic heterocycles. The number of nitrogens with zero attached hydrogens (tertiary/aromatic N) is 1. The van der Waals surface area contributed by atoms with Gasteiger partial charge in [0.2, 0.25) is 0 Å². The second kappa shape index (κ2) is 6.16. The van der Waals surface area contributed by atoms with E-state index in [9.17, 15) is 4.79 Å². The van der Waals surface area contributed by atoms with Crippen molar-refractivity contribution in [3.8, 4) is 0 Å². The summed E-state index contributed by atoms with van der Waals surface area (Å²) in [5, 5.41) is 10.7. The number of rotatable bonds is 4. The maximum Gasteiger partial charge on any atom is 0.328 e. The van der Waals surface area contributed by atoms with Crippen LogP contribution in [0.5, 0.6) is 0 Å². The van der Waals surface area contributed by atoms with Crippen LogP contribution in [0.1, 0.15) is 36.6 Å². The summed E-state index contributed by atoms with van der Waals surface area (Å²) < 4.78 is 0. The maximum atomic E-state index is 10.6. The van der Waals surface area contributed by atoms with Gasteiger partial charge in [-0.3, -0.25) is 4.90 Å². The smallest absolute Gasteiger partial charge is 0.328 e. The van der Waals surface area contributed by atoms with Gasteiger partial charge in [0.05, 0.1) is 0 Å². The van der Waals surface area contributed by atoms with Crippen LogP contribution >= 0.6 is 11.3 Å². The second-order valence-corrected chi connectivity index (χ2v) is 5.79. The topological polar surface area (TPSA) is 40.5 Å². The average Bonchev–Trinajstić information content (AvgIpc) is 2.77. The van der Waals surface area contributed by atoms with Gasteiger partial charge in [0.15, 0.2) is 0 Å². The normalized spacial score (nSPS) is 21.5. The summed E-state index contributed by atoms with van der Waals surface area (Å²) in [6.07, 6.45) is 6.78. The van der Waals surface area contributed by atoms with E-state index in [4.69, 9.17) is 5.11 Å². The summed E-state index contributed by atoms with van der Waals surface area (Å²) in [5.41, 5.74) is 1.04.